The van der Waals surface area contributed by atoms with E-state index in [1.165, 1.54) is 21.9 Å². The van der Waals surface area contributed by atoms with Crippen LogP contribution in [0.5, 0.6) is 0 Å². The van der Waals surface area contributed by atoms with E-state index in [0.29, 0.717) is 34.9 Å². The summed E-state index contributed by atoms with van der Waals surface area (Å²) in [5.74, 6) is 3.73. The highest BCUT2D eigenvalue weighted by Crippen LogP contribution is 2.47. The van der Waals surface area contributed by atoms with Gasteiger partial charge in [-0.3, -0.25) is 0 Å². The van der Waals surface area contributed by atoms with E-state index in [2.05, 4.69) is 174 Å². The van der Waals surface area contributed by atoms with E-state index in [0.717, 1.165) is 66.7 Å². The molecule has 0 aliphatic heterocycles. The van der Waals surface area contributed by atoms with Crippen LogP contribution in [0.25, 0.3) is 112 Å². The zero-order valence-electron chi connectivity index (χ0n) is 40.6. The molecule has 11 rings (SSSR count). The molecule has 0 bridgehead atoms. The van der Waals surface area contributed by atoms with Crippen molar-refractivity contribution in [3.8, 4) is 90.6 Å². The third-order valence-electron chi connectivity index (χ3n) is 13.2. The van der Waals surface area contributed by atoms with E-state index in [-0.39, 0.29) is 10.8 Å². The highest BCUT2D eigenvalue weighted by atomic mass is 15.0. The van der Waals surface area contributed by atoms with E-state index < -0.39 is 0 Å². The van der Waals surface area contributed by atoms with Gasteiger partial charge in [-0.15, -0.1) is 0 Å². The van der Waals surface area contributed by atoms with Crippen LogP contribution in [0.15, 0.2) is 194 Å². The summed E-state index contributed by atoms with van der Waals surface area (Å²) >= 11 is 0. The smallest absolute Gasteiger partial charge is 0.164 e. The number of aryl methyl sites for hydroxylation is 1. The van der Waals surface area contributed by atoms with Gasteiger partial charge in [0.25, 0.3) is 0 Å². The van der Waals surface area contributed by atoms with Gasteiger partial charge in [0.2, 0.25) is 0 Å². The maximum absolute atomic E-state index is 5.24. The Morgan fingerprint density at radius 3 is 0.829 bits per heavy atom. The summed E-state index contributed by atoms with van der Waals surface area (Å²) in [5.41, 5.74) is 14.2. The minimum atomic E-state index is -0.170. The lowest BCUT2D eigenvalue weighted by atomic mass is 9.82. The Kier molecular flexibility index (Phi) is 11.1. The first-order chi connectivity index (χ1) is 33.9. The van der Waals surface area contributed by atoms with Crippen LogP contribution in [0.3, 0.4) is 0 Å². The van der Waals surface area contributed by atoms with Crippen molar-refractivity contribution in [1.82, 2.24) is 34.5 Å². The van der Waals surface area contributed by atoms with Crippen LogP contribution in [0.2, 0.25) is 0 Å². The average Bonchev–Trinajstić information content (AvgIpc) is 3.69. The van der Waals surface area contributed by atoms with Crippen LogP contribution in [-0.4, -0.2) is 34.5 Å². The molecule has 0 N–H and O–H groups in total. The van der Waals surface area contributed by atoms with E-state index >= 15 is 0 Å². The van der Waals surface area contributed by atoms with Crippen molar-refractivity contribution in [2.45, 2.75) is 52.4 Å². The summed E-state index contributed by atoms with van der Waals surface area (Å²) in [6, 6.07) is 67.4. The molecule has 0 unspecified atom stereocenters. The Hall–Kier alpha value is -8.42. The number of hydrogen-bond donors (Lipinski definition) is 0. The molecular formula is C63H53N7. The molecule has 0 atom stereocenters. The van der Waals surface area contributed by atoms with Crippen molar-refractivity contribution < 1.29 is 0 Å². The van der Waals surface area contributed by atoms with Crippen LogP contribution in [0, 0.1) is 0 Å². The minimum Gasteiger partial charge on any atom is -0.343 e. The number of fused-ring (bicyclic) bond motifs is 3. The lowest BCUT2D eigenvalue weighted by Crippen LogP contribution is -2.11. The van der Waals surface area contributed by atoms with Gasteiger partial charge >= 0.3 is 0 Å². The summed E-state index contributed by atoms with van der Waals surface area (Å²) < 4.78 is 2.40. The van der Waals surface area contributed by atoms with Crippen LogP contribution in [0.4, 0.5) is 0 Å². The maximum atomic E-state index is 5.24. The molecular weight excluding hydrogens is 855 g/mol. The zero-order valence-corrected chi connectivity index (χ0v) is 40.6. The number of nitrogens with zero attached hydrogens (tertiary/aromatic N) is 7. The standard InChI is InChI=1S/C63H53N7/c1-62(2,3)44-36-50(46-32-20-22-34-48(46)60-66-56(40-24-12-8-13-25-40)64-57(67-60)41-26-14-9-15-27-41)54-52(38-44)53-39-45(63(4,5)6)37-51(55(53)70(54)7)47-33-21-23-35-49(47)61-68-58(42-28-16-10-17-29-42)65-59(69-61)43-30-18-11-19-31-43/h8-39H,1-7H3. The highest BCUT2D eigenvalue weighted by Gasteiger charge is 2.27. The molecule has 0 fully saturated rings. The molecule has 0 radical (unpaired) electrons. The van der Waals surface area contributed by atoms with Crippen LogP contribution >= 0.6 is 0 Å². The number of aromatic nitrogens is 7. The molecule has 340 valence electrons. The molecule has 0 aliphatic rings. The van der Waals surface area contributed by atoms with E-state index in [1.54, 1.807) is 0 Å². The topological polar surface area (TPSA) is 82.3 Å². The highest BCUT2D eigenvalue weighted by molar-refractivity contribution is 6.18. The fourth-order valence-electron chi connectivity index (χ4n) is 9.47. The van der Waals surface area contributed by atoms with Gasteiger partial charge in [-0.1, -0.05) is 211 Å². The van der Waals surface area contributed by atoms with E-state index in [9.17, 15) is 0 Å². The van der Waals surface area contributed by atoms with Gasteiger partial charge in [-0.2, -0.15) is 0 Å². The van der Waals surface area contributed by atoms with Crippen molar-refractivity contribution in [2.75, 3.05) is 0 Å². The second-order valence-corrected chi connectivity index (χ2v) is 20.1. The number of benzene rings is 8. The normalized spacial score (nSPS) is 11.9. The summed E-state index contributed by atoms with van der Waals surface area (Å²) in [7, 11) is 2.21. The van der Waals surface area contributed by atoms with Gasteiger partial charge in [0.1, 0.15) is 0 Å². The van der Waals surface area contributed by atoms with Gasteiger partial charge in [-0.05, 0) is 57.3 Å². The van der Waals surface area contributed by atoms with Gasteiger partial charge < -0.3 is 4.57 Å². The fourth-order valence-corrected chi connectivity index (χ4v) is 9.47. The molecule has 0 amide bonds. The molecule has 3 aromatic heterocycles. The SMILES string of the molecule is Cn1c2c(-c3ccccc3-c3nc(-c4ccccc4)nc(-c4ccccc4)n3)cc(C(C)(C)C)cc2c2cc(C(C)(C)C)cc(-c3ccccc3-c3nc(-c4ccccc4)nc(-c4ccccc4)n3)c21. The Labute approximate surface area is 409 Å². The Morgan fingerprint density at radius 1 is 0.286 bits per heavy atom. The molecule has 7 nitrogen and oxygen atoms in total. The second kappa shape index (κ2) is 17.6. The average molecular weight is 908 g/mol. The van der Waals surface area contributed by atoms with Crippen molar-refractivity contribution >= 4 is 21.8 Å². The maximum Gasteiger partial charge on any atom is 0.164 e. The summed E-state index contributed by atoms with van der Waals surface area (Å²) in [5, 5.41) is 2.37. The molecule has 0 saturated carbocycles. The van der Waals surface area contributed by atoms with Crippen LogP contribution in [0.1, 0.15) is 52.7 Å². The predicted molar refractivity (Wildman–Crippen MR) is 288 cm³/mol. The lowest BCUT2D eigenvalue weighted by Gasteiger charge is -2.22. The number of rotatable bonds is 8. The molecule has 11 aromatic rings. The Morgan fingerprint density at radius 2 is 0.543 bits per heavy atom. The zero-order chi connectivity index (χ0) is 48.1. The summed E-state index contributed by atoms with van der Waals surface area (Å²) in [6.45, 7) is 13.8. The minimum absolute atomic E-state index is 0.170. The third-order valence-corrected chi connectivity index (χ3v) is 13.2. The first-order valence-electron chi connectivity index (χ1n) is 23.9. The number of hydrogen-bond acceptors (Lipinski definition) is 6. The molecule has 70 heavy (non-hydrogen) atoms. The van der Waals surface area contributed by atoms with Crippen molar-refractivity contribution in [3.63, 3.8) is 0 Å². The van der Waals surface area contributed by atoms with Crippen molar-refractivity contribution in [3.05, 3.63) is 205 Å². The molecule has 0 aliphatic carbocycles. The quantitative estimate of drug-likeness (QED) is 0.151. The van der Waals surface area contributed by atoms with Crippen LogP contribution < -0.4 is 0 Å². The van der Waals surface area contributed by atoms with Crippen LogP contribution in [-0.2, 0) is 17.9 Å². The monoisotopic (exact) mass is 907 g/mol. The summed E-state index contributed by atoms with van der Waals surface area (Å²) in [6.07, 6.45) is 0. The first kappa shape index (κ1) is 44.1. The van der Waals surface area contributed by atoms with Crippen molar-refractivity contribution in [2.24, 2.45) is 7.05 Å². The summed E-state index contributed by atoms with van der Waals surface area (Å²) in [4.78, 5) is 31.0. The third kappa shape index (κ3) is 8.23. The molecule has 8 aromatic carbocycles. The Balaban J connectivity index is 1.19. The largest absolute Gasteiger partial charge is 0.343 e. The van der Waals surface area contributed by atoms with E-state index in [1.807, 2.05) is 72.8 Å². The second-order valence-electron chi connectivity index (χ2n) is 20.1. The molecule has 3 heterocycles. The van der Waals surface area contributed by atoms with Gasteiger partial charge in [0, 0.05) is 62.3 Å². The van der Waals surface area contributed by atoms with E-state index in [4.69, 9.17) is 29.9 Å². The van der Waals surface area contributed by atoms with Gasteiger partial charge in [-0.25, -0.2) is 29.9 Å². The molecule has 7 heteroatoms. The van der Waals surface area contributed by atoms with Gasteiger partial charge in [0.15, 0.2) is 34.9 Å². The predicted octanol–water partition coefficient (Wildman–Crippen LogP) is 15.6. The Bertz CT molecular complexity index is 3360. The first-order valence-corrected chi connectivity index (χ1v) is 23.9. The van der Waals surface area contributed by atoms with Gasteiger partial charge in [0.05, 0.1) is 11.0 Å². The molecule has 0 spiro atoms. The van der Waals surface area contributed by atoms with Crippen molar-refractivity contribution in [1.29, 1.82) is 0 Å². The molecule has 0 saturated heterocycles. The fraction of sp³-hybridized carbons (Fsp3) is 0.143. The lowest BCUT2D eigenvalue weighted by molar-refractivity contribution is 0.590.